The molecule has 1 saturated heterocycles. The molecule has 0 aromatic carbocycles. The second-order valence-corrected chi connectivity index (χ2v) is 3.90. The maximum Gasteiger partial charge on any atom is 0.0349 e. The molecule has 1 aromatic heterocycles. The summed E-state index contributed by atoms with van der Waals surface area (Å²) in [5.41, 5.74) is 7.28. The van der Waals surface area contributed by atoms with Gasteiger partial charge in [-0.1, -0.05) is 0 Å². The van der Waals surface area contributed by atoms with Gasteiger partial charge in [0.2, 0.25) is 0 Å². The van der Waals surface area contributed by atoms with E-state index in [4.69, 9.17) is 5.73 Å². The molecule has 0 saturated carbocycles. The summed E-state index contributed by atoms with van der Waals surface area (Å²) in [6.07, 6.45) is 6.40. The molecule has 3 N–H and O–H groups in total. The van der Waals surface area contributed by atoms with Crippen LogP contribution < -0.4 is 11.1 Å². The van der Waals surface area contributed by atoms with E-state index in [1.165, 1.54) is 5.56 Å². The number of aryl methyl sites for hydroxylation is 1. The number of nitrogens with zero attached hydrogens (tertiary/aromatic N) is 1. The number of nitrogens with two attached hydrogens (primary N) is 1. The molecule has 1 fully saturated rings. The van der Waals surface area contributed by atoms with Gasteiger partial charge in [0, 0.05) is 31.5 Å². The zero-order valence-electron chi connectivity index (χ0n) is 8.03. The first kappa shape index (κ1) is 8.78. The van der Waals surface area contributed by atoms with E-state index in [2.05, 4.69) is 28.3 Å². The van der Waals surface area contributed by atoms with Gasteiger partial charge in [0.15, 0.2) is 0 Å². The van der Waals surface area contributed by atoms with Crippen LogP contribution in [-0.2, 0) is 7.05 Å². The fraction of sp³-hybridized carbons (Fsp3) is 0.600. The Bertz CT molecular complexity index is 279. The maximum absolute atomic E-state index is 5.92. The van der Waals surface area contributed by atoms with Crippen molar-refractivity contribution in [1.29, 1.82) is 0 Å². The normalized spacial score (nSPS) is 29.1. The molecule has 0 bridgehead atoms. The minimum atomic E-state index is 0.367. The van der Waals surface area contributed by atoms with Crippen LogP contribution in [0.25, 0.3) is 0 Å². The van der Waals surface area contributed by atoms with Crippen LogP contribution in [0.15, 0.2) is 18.5 Å². The summed E-state index contributed by atoms with van der Waals surface area (Å²) in [7, 11) is 2.05. The molecule has 3 heteroatoms. The van der Waals surface area contributed by atoms with Gasteiger partial charge in [-0.05, 0) is 31.0 Å². The largest absolute Gasteiger partial charge is 0.357 e. The summed E-state index contributed by atoms with van der Waals surface area (Å²) >= 11 is 0. The van der Waals surface area contributed by atoms with Gasteiger partial charge in [-0.15, -0.1) is 0 Å². The summed E-state index contributed by atoms with van der Waals surface area (Å²) in [6.45, 7) is 1.04. The second-order valence-electron chi connectivity index (χ2n) is 3.90. The van der Waals surface area contributed by atoms with Crippen molar-refractivity contribution in [2.24, 2.45) is 12.8 Å². The molecular weight excluding hydrogens is 162 g/mol. The molecular formula is C10H17N3. The first-order chi connectivity index (χ1) is 6.25. The Labute approximate surface area is 78.9 Å². The Morgan fingerprint density at radius 2 is 2.46 bits per heavy atom. The lowest BCUT2D eigenvalue weighted by Gasteiger charge is -2.27. The molecule has 0 spiro atoms. The van der Waals surface area contributed by atoms with Gasteiger partial charge in [0.05, 0.1) is 0 Å². The number of hydrogen-bond donors (Lipinski definition) is 2. The third-order valence-electron chi connectivity index (χ3n) is 2.70. The molecule has 2 atom stereocenters. The Hall–Kier alpha value is -0.800. The van der Waals surface area contributed by atoms with E-state index < -0.39 is 0 Å². The van der Waals surface area contributed by atoms with Gasteiger partial charge in [-0.3, -0.25) is 0 Å². The Morgan fingerprint density at radius 1 is 1.62 bits per heavy atom. The molecule has 1 aliphatic heterocycles. The number of aromatic nitrogens is 1. The Balaban J connectivity index is 2.08. The lowest BCUT2D eigenvalue weighted by molar-refractivity contribution is 0.369. The van der Waals surface area contributed by atoms with Crippen molar-refractivity contribution in [1.82, 2.24) is 9.88 Å². The highest BCUT2D eigenvalue weighted by Crippen LogP contribution is 2.22. The topological polar surface area (TPSA) is 43.0 Å². The lowest BCUT2D eigenvalue weighted by Crippen LogP contribution is -2.38. The first-order valence-corrected chi connectivity index (χ1v) is 4.86. The predicted octanol–water partition coefficient (Wildman–Crippen LogP) is 0.777. The van der Waals surface area contributed by atoms with Crippen LogP contribution in [0.5, 0.6) is 0 Å². The molecule has 13 heavy (non-hydrogen) atoms. The molecule has 1 aliphatic rings. The van der Waals surface area contributed by atoms with Gasteiger partial charge in [0.25, 0.3) is 0 Å². The molecule has 2 heterocycles. The van der Waals surface area contributed by atoms with Crippen molar-refractivity contribution in [2.45, 2.75) is 24.9 Å². The first-order valence-electron chi connectivity index (χ1n) is 4.86. The fourth-order valence-electron chi connectivity index (χ4n) is 1.93. The van der Waals surface area contributed by atoms with Crippen molar-refractivity contribution >= 4 is 0 Å². The molecule has 0 unspecified atom stereocenters. The average Bonchev–Trinajstić information content (AvgIpc) is 2.52. The lowest BCUT2D eigenvalue weighted by atomic mass is 9.96. The summed E-state index contributed by atoms with van der Waals surface area (Å²) in [4.78, 5) is 0. The number of hydrogen-bond acceptors (Lipinski definition) is 2. The molecule has 3 nitrogen and oxygen atoms in total. The SMILES string of the molecule is Cn1ccc([C@@H]2C[C@@H](N)CCN2)c1. The van der Waals surface area contributed by atoms with E-state index in [1.54, 1.807) is 0 Å². The molecule has 0 aliphatic carbocycles. The summed E-state index contributed by atoms with van der Waals surface area (Å²) in [5, 5.41) is 3.49. The summed E-state index contributed by atoms with van der Waals surface area (Å²) < 4.78 is 2.08. The van der Waals surface area contributed by atoms with Crippen molar-refractivity contribution in [2.75, 3.05) is 6.54 Å². The van der Waals surface area contributed by atoms with Crippen LogP contribution in [-0.4, -0.2) is 17.2 Å². The van der Waals surface area contributed by atoms with Gasteiger partial charge in [-0.2, -0.15) is 0 Å². The van der Waals surface area contributed by atoms with Crippen LogP contribution in [0.2, 0.25) is 0 Å². The highest BCUT2D eigenvalue weighted by Gasteiger charge is 2.20. The van der Waals surface area contributed by atoms with Crippen LogP contribution in [0.4, 0.5) is 0 Å². The molecule has 0 radical (unpaired) electrons. The minimum absolute atomic E-state index is 0.367. The zero-order valence-corrected chi connectivity index (χ0v) is 8.03. The Morgan fingerprint density at radius 3 is 3.08 bits per heavy atom. The van der Waals surface area contributed by atoms with Crippen molar-refractivity contribution in [3.8, 4) is 0 Å². The monoisotopic (exact) mass is 179 g/mol. The zero-order chi connectivity index (χ0) is 9.26. The summed E-state index contributed by atoms with van der Waals surface area (Å²) in [5.74, 6) is 0. The molecule has 2 rings (SSSR count). The standard InChI is InChI=1S/C10H17N3/c1-13-5-3-8(7-13)10-6-9(11)2-4-12-10/h3,5,7,9-10,12H,2,4,6,11H2,1H3/t9-,10-/m0/s1. The van der Waals surface area contributed by atoms with Crippen LogP contribution in [0, 0.1) is 0 Å². The van der Waals surface area contributed by atoms with E-state index in [1.807, 2.05) is 7.05 Å². The smallest absolute Gasteiger partial charge is 0.0349 e. The van der Waals surface area contributed by atoms with E-state index in [0.717, 1.165) is 19.4 Å². The van der Waals surface area contributed by atoms with Crippen molar-refractivity contribution in [3.05, 3.63) is 24.0 Å². The van der Waals surface area contributed by atoms with Gasteiger partial charge in [-0.25, -0.2) is 0 Å². The van der Waals surface area contributed by atoms with E-state index in [9.17, 15) is 0 Å². The highest BCUT2D eigenvalue weighted by molar-refractivity contribution is 5.16. The minimum Gasteiger partial charge on any atom is -0.357 e. The molecule has 0 amide bonds. The van der Waals surface area contributed by atoms with E-state index >= 15 is 0 Å². The average molecular weight is 179 g/mol. The van der Waals surface area contributed by atoms with Gasteiger partial charge < -0.3 is 15.6 Å². The van der Waals surface area contributed by atoms with E-state index in [-0.39, 0.29) is 0 Å². The van der Waals surface area contributed by atoms with Gasteiger partial charge >= 0.3 is 0 Å². The molecule has 72 valence electrons. The van der Waals surface area contributed by atoms with Crippen LogP contribution >= 0.6 is 0 Å². The number of nitrogens with one attached hydrogen (secondary N) is 1. The quantitative estimate of drug-likeness (QED) is 0.669. The number of rotatable bonds is 1. The third-order valence-corrected chi connectivity index (χ3v) is 2.70. The molecule has 1 aromatic rings. The van der Waals surface area contributed by atoms with Gasteiger partial charge in [0.1, 0.15) is 0 Å². The number of piperidine rings is 1. The summed E-state index contributed by atoms with van der Waals surface area (Å²) in [6, 6.07) is 2.99. The second kappa shape index (κ2) is 3.52. The highest BCUT2D eigenvalue weighted by atomic mass is 15.0. The maximum atomic E-state index is 5.92. The van der Waals surface area contributed by atoms with Crippen molar-refractivity contribution in [3.63, 3.8) is 0 Å². The fourth-order valence-corrected chi connectivity index (χ4v) is 1.93. The third kappa shape index (κ3) is 1.92. The Kier molecular flexibility index (Phi) is 2.38. The predicted molar refractivity (Wildman–Crippen MR) is 53.4 cm³/mol. The van der Waals surface area contributed by atoms with Crippen LogP contribution in [0.3, 0.4) is 0 Å². The van der Waals surface area contributed by atoms with E-state index in [0.29, 0.717) is 12.1 Å². The van der Waals surface area contributed by atoms with Crippen LogP contribution in [0.1, 0.15) is 24.4 Å². The van der Waals surface area contributed by atoms with Crippen molar-refractivity contribution < 1.29 is 0 Å².